The molecule has 1 aliphatic rings. The number of amides is 1. The third-order valence-corrected chi connectivity index (χ3v) is 4.84. The van der Waals surface area contributed by atoms with Crippen LogP contribution in [0.5, 0.6) is 0 Å². The van der Waals surface area contributed by atoms with Crippen LogP contribution in [0.3, 0.4) is 0 Å². The molecule has 2 aromatic rings. The van der Waals surface area contributed by atoms with Gasteiger partial charge >= 0.3 is 6.18 Å². The summed E-state index contributed by atoms with van der Waals surface area (Å²) in [6.45, 7) is 0.217. The van der Waals surface area contributed by atoms with Crippen molar-refractivity contribution in [3.8, 4) is 0 Å². The summed E-state index contributed by atoms with van der Waals surface area (Å²) < 4.78 is 52.3. The van der Waals surface area contributed by atoms with Crippen LogP contribution in [-0.2, 0) is 16.4 Å². The quantitative estimate of drug-likeness (QED) is 0.590. The first kappa shape index (κ1) is 19.1. The summed E-state index contributed by atoms with van der Waals surface area (Å²) in [7, 11) is 0. The Morgan fingerprint density at radius 2 is 1.93 bits per heavy atom. The normalized spacial score (nSPS) is 15.7. The van der Waals surface area contributed by atoms with Crippen molar-refractivity contribution in [3.63, 3.8) is 0 Å². The van der Waals surface area contributed by atoms with Gasteiger partial charge in [-0.25, -0.2) is 9.37 Å². The fraction of sp³-hybridized carbons (Fsp3) is 0.368. The lowest BCUT2D eigenvalue weighted by Gasteiger charge is -2.40. The molecule has 0 bridgehead atoms. The average Bonchev–Trinajstić information content (AvgIpc) is 2.57. The molecule has 8 heteroatoms. The smallest absolute Gasteiger partial charge is 0.368 e. The maximum absolute atomic E-state index is 13.5. The van der Waals surface area contributed by atoms with Crippen LogP contribution in [0.15, 0.2) is 42.6 Å². The number of hydrogen-bond acceptors (Lipinski definition) is 3. The van der Waals surface area contributed by atoms with Crippen molar-refractivity contribution < 1.29 is 22.4 Å². The van der Waals surface area contributed by atoms with Gasteiger partial charge < -0.3 is 10.6 Å². The van der Waals surface area contributed by atoms with Crippen LogP contribution in [0.1, 0.15) is 30.4 Å². The van der Waals surface area contributed by atoms with Crippen LogP contribution in [0.25, 0.3) is 0 Å². The molecule has 1 aliphatic carbocycles. The number of nitrogens with zero attached hydrogens (tertiary/aromatic N) is 1. The third-order valence-electron chi connectivity index (χ3n) is 4.84. The van der Waals surface area contributed by atoms with Crippen molar-refractivity contribution >= 4 is 11.7 Å². The SMILES string of the molecule is O=C(NCCNc1ncccc1C(F)(F)F)C1(c2cccc(F)c2)CCC1. The molecular formula is C19H19F4N3O. The van der Waals surface area contributed by atoms with Gasteiger partial charge in [0.1, 0.15) is 11.6 Å². The molecular weight excluding hydrogens is 362 g/mol. The zero-order valence-electron chi connectivity index (χ0n) is 14.4. The molecule has 1 saturated carbocycles. The van der Waals surface area contributed by atoms with Gasteiger partial charge in [0.15, 0.2) is 0 Å². The molecule has 0 saturated heterocycles. The molecule has 1 amide bonds. The van der Waals surface area contributed by atoms with Crippen LogP contribution in [0, 0.1) is 5.82 Å². The summed E-state index contributed by atoms with van der Waals surface area (Å²) in [5, 5.41) is 5.34. The monoisotopic (exact) mass is 381 g/mol. The van der Waals surface area contributed by atoms with E-state index in [1.807, 2.05) is 0 Å². The summed E-state index contributed by atoms with van der Waals surface area (Å²) >= 11 is 0. The molecule has 4 nitrogen and oxygen atoms in total. The summed E-state index contributed by atoms with van der Waals surface area (Å²) in [5.74, 6) is -0.913. The Balaban J connectivity index is 1.59. The largest absolute Gasteiger partial charge is 0.419 e. The number of rotatable bonds is 6. The first-order valence-electron chi connectivity index (χ1n) is 8.63. The Kier molecular flexibility index (Phi) is 5.34. The molecule has 1 fully saturated rings. The Labute approximate surface area is 154 Å². The van der Waals surface area contributed by atoms with Crippen molar-refractivity contribution in [1.82, 2.24) is 10.3 Å². The highest BCUT2D eigenvalue weighted by atomic mass is 19.4. The Bertz CT molecular complexity index is 819. The van der Waals surface area contributed by atoms with E-state index >= 15 is 0 Å². The highest BCUT2D eigenvalue weighted by molar-refractivity contribution is 5.89. The molecule has 0 atom stereocenters. The second kappa shape index (κ2) is 7.54. The number of anilines is 1. The lowest BCUT2D eigenvalue weighted by Crippen LogP contribution is -2.50. The minimum Gasteiger partial charge on any atom is -0.368 e. The van der Waals surface area contributed by atoms with Gasteiger partial charge in [0.05, 0.1) is 11.0 Å². The molecule has 27 heavy (non-hydrogen) atoms. The van der Waals surface area contributed by atoms with Crippen LogP contribution >= 0.6 is 0 Å². The maximum Gasteiger partial charge on any atom is 0.419 e. The fourth-order valence-electron chi connectivity index (χ4n) is 3.26. The van der Waals surface area contributed by atoms with Crippen LogP contribution in [0.4, 0.5) is 23.4 Å². The van der Waals surface area contributed by atoms with Gasteiger partial charge in [-0.1, -0.05) is 18.6 Å². The lowest BCUT2D eigenvalue weighted by atomic mass is 9.64. The second-order valence-electron chi connectivity index (χ2n) is 6.53. The molecule has 0 aliphatic heterocycles. The van der Waals surface area contributed by atoms with Gasteiger partial charge in [0.25, 0.3) is 0 Å². The number of benzene rings is 1. The average molecular weight is 381 g/mol. The number of aromatic nitrogens is 1. The third kappa shape index (κ3) is 4.04. The second-order valence-corrected chi connectivity index (χ2v) is 6.53. The minimum atomic E-state index is -4.51. The predicted octanol–water partition coefficient (Wildman–Crippen LogP) is 3.89. The van der Waals surface area contributed by atoms with E-state index in [0.717, 1.165) is 12.5 Å². The molecule has 144 valence electrons. The van der Waals surface area contributed by atoms with Gasteiger partial charge in [-0.3, -0.25) is 4.79 Å². The fourth-order valence-corrected chi connectivity index (χ4v) is 3.26. The van der Waals surface area contributed by atoms with Crippen molar-refractivity contribution in [1.29, 1.82) is 0 Å². The van der Waals surface area contributed by atoms with Gasteiger partial charge in [0, 0.05) is 19.3 Å². The molecule has 0 unspecified atom stereocenters. The van der Waals surface area contributed by atoms with E-state index in [4.69, 9.17) is 0 Å². The molecule has 1 aromatic heterocycles. The Hall–Kier alpha value is -2.64. The van der Waals surface area contributed by atoms with E-state index < -0.39 is 23.0 Å². The highest BCUT2D eigenvalue weighted by Gasteiger charge is 2.45. The van der Waals surface area contributed by atoms with E-state index in [9.17, 15) is 22.4 Å². The van der Waals surface area contributed by atoms with Crippen molar-refractivity contribution in [3.05, 3.63) is 59.5 Å². The zero-order valence-corrected chi connectivity index (χ0v) is 14.4. The summed E-state index contributed by atoms with van der Waals surface area (Å²) in [6, 6.07) is 8.14. The van der Waals surface area contributed by atoms with Crippen LogP contribution in [-0.4, -0.2) is 24.0 Å². The number of carbonyl (C=O) groups excluding carboxylic acids is 1. The number of carbonyl (C=O) groups is 1. The standard InChI is InChI=1S/C19H19F4N3O/c20-14-5-1-4-13(12-14)18(7-3-8-18)17(27)26-11-10-25-16-15(19(21,22)23)6-2-9-24-16/h1-2,4-6,9,12H,3,7-8,10-11H2,(H,24,25)(H,26,27). The van der Waals surface area contributed by atoms with Gasteiger partial charge in [-0.15, -0.1) is 0 Å². The summed E-state index contributed by atoms with van der Waals surface area (Å²) in [5.41, 5.74) is -0.987. The van der Waals surface area contributed by atoms with Crippen molar-refractivity contribution in [2.45, 2.75) is 30.9 Å². The molecule has 1 heterocycles. The maximum atomic E-state index is 13.5. The number of alkyl halides is 3. The minimum absolute atomic E-state index is 0.0884. The predicted molar refractivity (Wildman–Crippen MR) is 92.7 cm³/mol. The van der Waals surface area contributed by atoms with Crippen molar-refractivity contribution in [2.75, 3.05) is 18.4 Å². The molecule has 0 radical (unpaired) electrons. The summed E-state index contributed by atoms with van der Waals surface area (Å²) in [4.78, 5) is 16.3. The Morgan fingerprint density at radius 1 is 1.15 bits per heavy atom. The summed E-state index contributed by atoms with van der Waals surface area (Å²) in [6.07, 6.45) is -1.13. The number of nitrogens with one attached hydrogen (secondary N) is 2. The van der Waals surface area contributed by atoms with E-state index in [0.29, 0.717) is 18.4 Å². The van der Waals surface area contributed by atoms with Crippen LogP contribution < -0.4 is 10.6 Å². The number of hydrogen-bond donors (Lipinski definition) is 2. The Morgan fingerprint density at radius 3 is 2.56 bits per heavy atom. The first-order valence-corrected chi connectivity index (χ1v) is 8.63. The lowest BCUT2D eigenvalue weighted by molar-refractivity contribution is -0.137. The van der Waals surface area contributed by atoms with Gasteiger partial charge in [0.2, 0.25) is 5.91 Å². The topological polar surface area (TPSA) is 54.0 Å². The van der Waals surface area contributed by atoms with Crippen LogP contribution in [0.2, 0.25) is 0 Å². The number of pyridine rings is 1. The van der Waals surface area contributed by atoms with E-state index in [-0.39, 0.29) is 24.8 Å². The van der Waals surface area contributed by atoms with Gasteiger partial charge in [-0.2, -0.15) is 13.2 Å². The highest BCUT2D eigenvalue weighted by Crippen LogP contribution is 2.44. The van der Waals surface area contributed by atoms with E-state index in [1.54, 1.807) is 12.1 Å². The zero-order chi connectivity index (χ0) is 19.5. The first-order chi connectivity index (χ1) is 12.8. The molecule has 3 rings (SSSR count). The van der Waals surface area contributed by atoms with Gasteiger partial charge in [-0.05, 0) is 42.7 Å². The molecule has 0 spiro atoms. The van der Waals surface area contributed by atoms with Crippen molar-refractivity contribution in [2.24, 2.45) is 0 Å². The molecule has 1 aromatic carbocycles. The molecule has 2 N–H and O–H groups in total. The van der Waals surface area contributed by atoms with E-state index in [2.05, 4.69) is 15.6 Å². The number of halogens is 4. The van der Waals surface area contributed by atoms with E-state index in [1.165, 1.54) is 24.4 Å².